The summed E-state index contributed by atoms with van der Waals surface area (Å²) in [6, 6.07) is 13.4. The number of hydrogen-bond acceptors (Lipinski definition) is 1. The van der Waals surface area contributed by atoms with Crippen molar-refractivity contribution in [2.24, 2.45) is 0 Å². The zero-order valence-electron chi connectivity index (χ0n) is 9.10. The van der Waals surface area contributed by atoms with Crippen LogP contribution in [0, 0.1) is 0 Å². The predicted octanol–water partition coefficient (Wildman–Crippen LogP) is 3.91. The summed E-state index contributed by atoms with van der Waals surface area (Å²) in [5.74, 6) is 0. The van der Waals surface area contributed by atoms with Crippen LogP contribution in [-0.2, 0) is 0 Å². The Balaban J connectivity index is 2.24. The second-order valence-corrected chi connectivity index (χ2v) is 4.57. The van der Waals surface area contributed by atoms with E-state index in [0.29, 0.717) is 5.02 Å². The van der Waals surface area contributed by atoms with Gasteiger partial charge in [-0.3, -0.25) is 0 Å². The third-order valence-corrected chi connectivity index (χ3v) is 3.31. The summed E-state index contributed by atoms with van der Waals surface area (Å²) in [5, 5.41) is 11.1. The van der Waals surface area contributed by atoms with E-state index in [9.17, 15) is 5.11 Å². The first kappa shape index (κ1) is 10.6. The van der Waals surface area contributed by atoms with Crippen LogP contribution in [0.3, 0.4) is 0 Å². The molecular formula is C15H11ClO. The zero-order chi connectivity index (χ0) is 11.8. The lowest BCUT2D eigenvalue weighted by Crippen LogP contribution is -2.02. The number of aliphatic hydroxyl groups excluding tert-OH is 1. The van der Waals surface area contributed by atoms with E-state index in [2.05, 4.69) is 0 Å². The van der Waals surface area contributed by atoms with Crippen LogP contribution in [0.25, 0.3) is 12.2 Å². The van der Waals surface area contributed by atoms with Gasteiger partial charge in [0, 0.05) is 5.02 Å². The van der Waals surface area contributed by atoms with Crippen molar-refractivity contribution in [3.63, 3.8) is 0 Å². The van der Waals surface area contributed by atoms with Gasteiger partial charge in [-0.2, -0.15) is 0 Å². The molecule has 1 atom stereocenters. The Labute approximate surface area is 105 Å². The molecule has 2 heteroatoms. The van der Waals surface area contributed by atoms with E-state index in [1.807, 2.05) is 54.6 Å². The molecule has 0 heterocycles. The normalized spacial score (nSPS) is 17.2. The van der Waals surface area contributed by atoms with Crippen LogP contribution in [0.4, 0.5) is 0 Å². The molecule has 3 rings (SSSR count). The number of rotatable bonds is 0. The van der Waals surface area contributed by atoms with Gasteiger partial charge in [-0.05, 0) is 34.4 Å². The molecule has 0 aromatic heterocycles. The molecule has 0 aliphatic heterocycles. The highest BCUT2D eigenvalue weighted by Gasteiger charge is 2.18. The summed E-state index contributed by atoms with van der Waals surface area (Å²) < 4.78 is 0. The molecule has 0 radical (unpaired) electrons. The molecule has 0 saturated heterocycles. The molecule has 0 spiro atoms. The molecule has 0 fully saturated rings. The standard InChI is InChI=1S/C15H11ClO/c16-12-7-8-14-11(9-12)6-5-10-3-1-2-4-13(10)15(14)17/h1-9,15,17H/t15-/m0/s1. The molecule has 0 amide bonds. The topological polar surface area (TPSA) is 20.2 Å². The zero-order valence-corrected chi connectivity index (χ0v) is 9.85. The van der Waals surface area contributed by atoms with Crippen molar-refractivity contribution in [1.29, 1.82) is 0 Å². The Morgan fingerprint density at radius 3 is 2.47 bits per heavy atom. The summed E-state index contributed by atoms with van der Waals surface area (Å²) in [4.78, 5) is 0. The molecule has 1 aliphatic carbocycles. The highest BCUT2D eigenvalue weighted by Crippen LogP contribution is 2.33. The number of fused-ring (bicyclic) bond motifs is 2. The monoisotopic (exact) mass is 242 g/mol. The average molecular weight is 243 g/mol. The third-order valence-electron chi connectivity index (χ3n) is 3.08. The van der Waals surface area contributed by atoms with Crippen molar-refractivity contribution in [3.8, 4) is 0 Å². The Bertz CT molecular complexity index is 602. The highest BCUT2D eigenvalue weighted by atomic mass is 35.5. The van der Waals surface area contributed by atoms with Crippen molar-refractivity contribution in [3.05, 3.63) is 69.7 Å². The lowest BCUT2D eigenvalue weighted by Gasteiger charge is -2.14. The van der Waals surface area contributed by atoms with Crippen LogP contribution in [0.5, 0.6) is 0 Å². The minimum absolute atomic E-state index is 0.589. The molecule has 1 nitrogen and oxygen atoms in total. The molecular weight excluding hydrogens is 232 g/mol. The lowest BCUT2D eigenvalue weighted by atomic mass is 9.97. The lowest BCUT2D eigenvalue weighted by molar-refractivity contribution is 0.220. The van der Waals surface area contributed by atoms with Gasteiger partial charge in [0.25, 0.3) is 0 Å². The maximum Gasteiger partial charge on any atom is 0.105 e. The predicted molar refractivity (Wildman–Crippen MR) is 70.9 cm³/mol. The fourth-order valence-corrected chi connectivity index (χ4v) is 2.38. The smallest absolute Gasteiger partial charge is 0.105 e. The van der Waals surface area contributed by atoms with E-state index in [1.54, 1.807) is 0 Å². The van der Waals surface area contributed by atoms with Gasteiger partial charge in [0.2, 0.25) is 0 Å². The maximum atomic E-state index is 10.4. The summed E-state index contributed by atoms with van der Waals surface area (Å²) >= 11 is 5.97. The van der Waals surface area contributed by atoms with E-state index in [0.717, 1.165) is 22.3 Å². The molecule has 84 valence electrons. The second-order valence-electron chi connectivity index (χ2n) is 4.14. The summed E-state index contributed by atoms with van der Waals surface area (Å²) in [7, 11) is 0. The van der Waals surface area contributed by atoms with Gasteiger partial charge in [0.05, 0.1) is 0 Å². The minimum atomic E-state index is -0.589. The molecule has 2 aromatic carbocycles. The summed E-state index contributed by atoms with van der Waals surface area (Å²) in [6.45, 7) is 0. The van der Waals surface area contributed by atoms with E-state index >= 15 is 0 Å². The van der Waals surface area contributed by atoms with Gasteiger partial charge in [0.15, 0.2) is 0 Å². The van der Waals surface area contributed by atoms with E-state index in [4.69, 9.17) is 11.6 Å². The Morgan fingerprint density at radius 2 is 1.59 bits per heavy atom. The first-order valence-electron chi connectivity index (χ1n) is 5.50. The first-order valence-corrected chi connectivity index (χ1v) is 5.88. The van der Waals surface area contributed by atoms with E-state index in [1.165, 1.54) is 0 Å². The summed E-state index contributed by atoms with van der Waals surface area (Å²) in [5.41, 5.74) is 3.86. The SMILES string of the molecule is O[C@H]1c2ccccc2C=Cc2cc(Cl)ccc21. The number of aliphatic hydroxyl groups is 1. The van der Waals surface area contributed by atoms with Crippen molar-refractivity contribution in [2.45, 2.75) is 6.10 Å². The molecule has 17 heavy (non-hydrogen) atoms. The largest absolute Gasteiger partial charge is 0.384 e. The third kappa shape index (κ3) is 1.78. The van der Waals surface area contributed by atoms with Gasteiger partial charge in [-0.15, -0.1) is 0 Å². The number of benzene rings is 2. The molecule has 0 saturated carbocycles. The van der Waals surface area contributed by atoms with E-state index < -0.39 is 6.10 Å². The molecule has 0 unspecified atom stereocenters. The van der Waals surface area contributed by atoms with Gasteiger partial charge in [-0.25, -0.2) is 0 Å². The summed E-state index contributed by atoms with van der Waals surface area (Å²) in [6.07, 6.45) is 3.42. The highest BCUT2D eigenvalue weighted by molar-refractivity contribution is 6.30. The van der Waals surface area contributed by atoms with Crippen LogP contribution < -0.4 is 0 Å². The fourth-order valence-electron chi connectivity index (χ4n) is 2.20. The van der Waals surface area contributed by atoms with Crippen LogP contribution >= 0.6 is 11.6 Å². The van der Waals surface area contributed by atoms with Gasteiger partial charge in [0.1, 0.15) is 6.10 Å². The Kier molecular flexibility index (Phi) is 2.50. The minimum Gasteiger partial charge on any atom is -0.384 e. The fraction of sp³-hybridized carbons (Fsp3) is 0.0667. The molecule has 1 N–H and O–H groups in total. The van der Waals surface area contributed by atoms with Gasteiger partial charge < -0.3 is 5.11 Å². The molecule has 2 aromatic rings. The Morgan fingerprint density at radius 1 is 0.882 bits per heavy atom. The Hall–Kier alpha value is -1.57. The van der Waals surface area contributed by atoms with Gasteiger partial charge in [-0.1, -0.05) is 54.1 Å². The van der Waals surface area contributed by atoms with Crippen molar-refractivity contribution in [1.82, 2.24) is 0 Å². The van der Waals surface area contributed by atoms with Crippen molar-refractivity contribution >= 4 is 23.8 Å². The molecule has 1 aliphatic rings. The maximum absolute atomic E-state index is 10.4. The molecule has 0 bridgehead atoms. The quantitative estimate of drug-likeness (QED) is 0.743. The number of hydrogen-bond donors (Lipinski definition) is 1. The van der Waals surface area contributed by atoms with Crippen molar-refractivity contribution < 1.29 is 5.11 Å². The van der Waals surface area contributed by atoms with Crippen LogP contribution in [0.1, 0.15) is 28.4 Å². The van der Waals surface area contributed by atoms with Crippen LogP contribution in [-0.4, -0.2) is 5.11 Å². The average Bonchev–Trinajstić information content (AvgIpc) is 2.48. The van der Waals surface area contributed by atoms with Crippen LogP contribution in [0.2, 0.25) is 5.02 Å². The van der Waals surface area contributed by atoms with Gasteiger partial charge >= 0.3 is 0 Å². The van der Waals surface area contributed by atoms with Crippen molar-refractivity contribution in [2.75, 3.05) is 0 Å². The second kappa shape index (κ2) is 4.02. The van der Waals surface area contributed by atoms with Crippen LogP contribution in [0.15, 0.2) is 42.5 Å². The van der Waals surface area contributed by atoms with E-state index in [-0.39, 0.29) is 0 Å². The number of halogens is 1. The first-order chi connectivity index (χ1) is 8.25.